The Morgan fingerprint density at radius 1 is 1.38 bits per heavy atom. The minimum Gasteiger partial charge on any atom is -0.354 e. The zero-order valence-corrected chi connectivity index (χ0v) is 15.1. The molecule has 3 rings (SSSR count). The van der Waals surface area contributed by atoms with Crippen LogP contribution in [0, 0.1) is 5.92 Å². The van der Waals surface area contributed by atoms with Gasteiger partial charge in [-0.3, -0.25) is 4.79 Å². The van der Waals surface area contributed by atoms with E-state index in [9.17, 15) is 4.79 Å². The van der Waals surface area contributed by atoms with E-state index in [4.69, 9.17) is 0 Å². The predicted molar refractivity (Wildman–Crippen MR) is 97.4 cm³/mol. The average molecular weight is 344 g/mol. The molecule has 1 fully saturated rings. The highest BCUT2D eigenvalue weighted by atomic mass is 32.1. The zero-order valence-electron chi connectivity index (χ0n) is 14.2. The summed E-state index contributed by atoms with van der Waals surface area (Å²) in [6.45, 7) is 5.80. The van der Waals surface area contributed by atoms with Crippen LogP contribution in [0.5, 0.6) is 0 Å². The monoisotopic (exact) mass is 344 g/mol. The van der Waals surface area contributed by atoms with Crippen LogP contribution in [-0.4, -0.2) is 34.4 Å². The van der Waals surface area contributed by atoms with Gasteiger partial charge in [0.1, 0.15) is 11.9 Å². The Hall–Kier alpha value is -1.95. The number of carbonyl (C=O) groups excluding carboxylic acids is 1. The van der Waals surface area contributed by atoms with E-state index in [0.717, 1.165) is 43.3 Å². The first-order valence-corrected chi connectivity index (χ1v) is 9.31. The lowest BCUT2D eigenvalue weighted by atomic mass is 10.1. The van der Waals surface area contributed by atoms with Crippen LogP contribution < -0.4 is 10.2 Å². The molecule has 0 saturated carbocycles. The van der Waals surface area contributed by atoms with Crippen molar-refractivity contribution < 1.29 is 4.79 Å². The molecule has 2 aromatic rings. The number of nitrogens with zero attached hydrogens (tertiary/aromatic N) is 3. The number of amides is 1. The largest absolute Gasteiger partial charge is 0.354 e. The molecule has 0 aliphatic carbocycles. The molecule has 1 amide bonds. The summed E-state index contributed by atoms with van der Waals surface area (Å²) in [5.41, 5.74) is 1.20. The first kappa shape index (κ1) is 16.9. The summed E-state index contributed by atoms with van der Waals surface area (Å²) in [7, 11) is 0. The Labute approximate surface area is 147 Å². The van der Waals surface area contributed by atoms with Gasteiger partial charge in [-0.2, -0.15) is 4.37 Å². The highest BCUT2D eigenvalue weighted by Gasteiger charge is 2.32. The SMILES string of the molecule is CC(C)CNC(=O)C1CCCN1c1nc(Cc2ccccc2)ns1. The highest BCUT2D eigenvalue weighted by Crippen LogP contribution is 2.27. The van der Waals surface area contributed by atoms with Crippen molar-refractivity contribution in [3.8, 4) is 0 Å². The summed E-state index contributed by atoms with van der Waals surface area (Å²) >= 11 is 1.40. The maximum Gasteiger partial charge on any atom is 0.242 e. The molecule has 24 heavy (non-hydrogen) atoms. The number of hydrogen-bond acceptors (Lipinski definition) is 5. The van der Waals surface area contributed by atoms with Crippen LogP contribution in [0.25, 0.3) is 0 Å². The van der Waals surface area contributed by atoms with Crippen LogP contribution in [0.15, 0.2) is 30.3 Å². The van der Waals surface area contributed by atoms with E-state index in [1.165, 1.54) is 17.1 Å². The lowest BCUT2D eigenvalue weighted by molar-refractivity contribution is -0.122. The van der Waals surface area contributed by atoms with Crippen molar-refractivity contribution in [2.45, 2.75) is 39.2 Å². The molecule has 1 aliphatic rings. The maximum atomic E-state index is 12.4. The molecule has 1 aromatic heterocycles. The zero-order chi connectivity index (χ0) is 16.9. The van der Waals surface area contributed by atoms with Gasteiger partial charge in [-0.1, -0.05) is 44.2 Å². The lowest BCUT2D eigenvalue weighted by Crippen LogP contribution is -2.44. The second-order valence-electron chi connectivity index (χ2n) is 6.65. The van der Waals surface area contributed by atoms with Gasteiger partial charge in [-0.25, -0.2) is 4.98 Å². The standard InChI is InChI=1S/C18H24N4OS/c1-13(2)12-19-17(23)15-9-6-10-22(15)18-20-16(21-24-18)11-14-7-4-3-5-8-14/h3-5,7-8,13,15H,6,9-12H2,1-2H3,(H,19,23). The molecule has 1 N–H and O–H groups in total. The van der Waals surface area contributed by atoms with Gasteiger partial charge in [0, 0.05) is 31.0 Å². The molecule has 1 atom stereocenters. The first-order valence-electron chi connectivity index (χ1n) is 8.54. The minimum atomic E-state index is -0.110. The molecule has 6 heteroatoms. The van der Waals surface area contributed by atoms with Crippen LogP contribution in [-0.2, 0) is 11.2 Å². The molecule has 0 radical (unpaired) electrons. The minimum absolute atomic E-state index is 0.110. The van der Waals surface area contributed by atoms with E-state index in [-0.39, 0.29) is 11.9 Å². The van der Waals surface area contributed by atoms with Crippen molar-refractivity contribution in [2.24, 2.45) is 5.92 Å². The van der Waals surface area contributed by atoms with Crippen molar-refractivity contribution in [3.63, 3.8) is 0 Å². The second kappa shape index (κ2) is 7.75. The second-order valence-corrected chi connectivity index (χ2v) is 7.38. The number of nitrogens with one attached hydrogen (secondary N) is 1. The predicted octanol–water partition coefficient (Wildman–Crippen LogP) is 2.87. The number of benzene rings is 1. The van der Waals surface area contributed by atoms with Gasteiger partial charge in [0.05, 0.1) is 0 Å². The smallest absolute Gasteiger partial charge is 0.242 e. The van der Waals surface area contributed by atoms with Crippen molar-refractivity contribution in [2.75, 3.05) is 18.0 Å². The van der Waals surface area contributed by atoms with E-state index in [2.05, 4.69) is 45.6 Å². The lowest BCUT2D eigenvalue weighted by Gasteiger charge is -2.23. The van der Waals surface area contributed by atoms with E-state index < -0.39 is 0 Å². The quantitative estimate of drug-likeness (QED) is 0.875. The molecule has 0 bridgehead atoms. The summed E-state index contributed by atoms with van der Waals surface area (Å²) in [6, 6.07) is 10.1. The topological polar surface area (TPSA) is 58.1 Å². The summed E-state index contributed by atoms with van der Waals surface area (Å²) in [4.78, 5) is 19.2. The van der Waals surface area contributed by atoms with Crippen LogP contribution >= 0.6 is 11.5 Å². The molecule has 2 heterocycles. The van der Waals surface area contributed by atoms with Crippen LogP contribution in [0.3, 0.4) is 0 Å². The van der Waals surface area contributed by atoms with Gasteiger partial charge < -0.3 is 10.2 Å². The van der Waals surface area contributed by atoms with Gasteiger partial charge in [0.2, 0.25) is 11.0 Å². The van der Waals surface area contributed by atoms with Crippen LogP contribution in [0.1, 0.15) is 38.1 Å². The Morgan fingerprint density at radius 3 is 2.92 bits per heavy atom. The van der Waals surface area contributed by atoms with Crippen molar-refractivity contribution >= 4 is 22.6 Å². The number of carbonyl (C=O) groups is 1. The van der Waals surface area contributed by atoms with Gasteiger partial charge in [0.25, 0.3) is 0 Å². The molecule has 1 saturated heterocycles. The number of hydrogen-bond donors (Lipinski definition) is 1. The molecular formula is C18H24N4OS. The van der Waals surface area contributed by atoms with Gasteiger partial charge >= 0.3 is 0 Å². The number of rotatable bonds is 6. The van der Waals surface area contributed by atoms with Crippen LogP contribution in [0.4, 0.5) is 5.13 Å². The molecular weight excluding hydrogens is 320 g/mol. The van der Waals surface area contributed by atoms with E-state index >= 15 is 0 Å². The van der Waals surface area contributed by atoms with Gasteiger partial charge in [-0.15, -0.1) is 0 Å². The summed E-state index contributed by atoms with van der Waals surface area (Å²) in [5, 5.41) is 3.91. The Kier molecular flexibility index (Phi) is 5.45. The number of aromatic nitrogens is 2. The molecule has 0 spiro atoms. The van der Waals surface area contributed by atoms with Gasteiger partial charge in [-0.05, 0) is 24.3 Å². The highest BCUT2D eigenvalue weighted by molar-refractivity contribution is 7.09. The number of anilines is 1. The molecule has 1 unspecified atom stereocenters. The summed E-state index contributed by atoms with van der Waals surface area (Å²) < 4.78 is 4.48. The van der Waals surface area contributed by atoms with Crippen LogP contribution in [0.2, 0.25) is 0 Å². The normalized spacial score (nSPS) is 17.5. The molecule has 1 aromatic carbocycles. The third-order valence-corrected chi connectivity index (χ3v) is 4.94. The van der Waals surface area contributed by atoms with Crippen molar-refractivity contribution in [3.05, 3.63) is 41.7 Å². The fourth-order valence-corrected chi connectivity index (χ4v) is 3.66. The van der Waals surface area contributed by atoms with Crippen molar-refractivity contribution in [1.29, 1.82) is 0 Å². The first-order chi connectivity index (χ1) is 11.6. The third kappa shape index (κ3) is 4.12. The fraction of sp³-hybridized carbons (Fsp3) is 0.500. The summed E-state index contributed by atoms with van der Waals surface area (Å²) in [5.74, 6) is 1.40. The van der Waals surface area contributed by atoms with E-state index in [1.807, 2.05) is 18.2 Å². The van der Waals surface area contributed by atoms with Gasteiger partial charge in [0.15, 0.2) is 0 Å². The molecule has 5 nitrogen and oxygen atoms in total. The molecule has 128 valence electrons. The third-order valence-electron chi connectivity index (χ3n) is 4.15. The Bertz CT molecular complexity index is 671. The fourth-order valence-electron chi connectivity index (χ4n) is 2.90. The Balaban J connectivity index is 1.66. The Morgan fingerprint density at radius 2 is 2.17 bits per heavy atom. The maximum absolute atomic E-state index is 12.4. The molecule has 1 aliphatic heterocycles. The van der Waals surface area contributed by atoms with E-state index in [1.54, 1.807) is 0 Å². The summed E-state index contributed by atoms with van der Waals surface area (Å²) in [6.07, 6.45) is 2.64. The average Bonchev–Trinajstić information content (AvgIpc) is 3.22. The van der Waals surface area contributed by atoms with Crippen molar-refractivity contribution in [1.82, 2.24) is 14.7 Å². The van der Waals surface area contributed by atoms with E-state index in [0.29, 0.717) is 5.92 Å².